The molecule has 0 unspecified atom stereocenters. The molecule has 6 nitrogen and oxygen atoms in total. The summed E-state index contributed by atoms with van der Waals surface area (Å²) in [5.41, 5.74) is 7.45. The molecule has 3 aliphatic rings. The molecule has 122 valence electrons. The van der Waals surface area contributed by atoms with Gasteiger partial charge in [0.2, 0.25) is 12.7 Å². The van der Waals surface area contributed by atoms with E-state index in [-0.39, 0.29) is 24.0 Å². The van der Waals surface area contributed by atoms with E-state index in [9.17, 15) is 10.1 Å². The van der Waals surface area contributed by atoms with Crippen LogP contribution in [0.4, 0.5) is 0 Å². The summed E-state index contributed by atoms with van der Waals surface area (Å²) in [4.78, 5) is 12.5. The molecule has 0 saturated carbocycles. The zero-order valence-electron chi connectivity index (χ0n) is 12.6. The normalized spacial score (nSPS) is 22.2. The summed E-state index contributed by atoms with van der Waals surface area (Å²) in [6.45, 7) is 0.148. The van der Waals surface area contributed by atoms with Crippen molar-refractivity contribution in [2.45, 2.75) is 25.2 Å². The minimum absolute atomic E-state index is 0.00827. The topological polar surface area (TPSA) is 94.6 Å². The number of ketones is 1. The van der Waals surface area contributed by atoms with E-state index in [1.807, 2.05) is 0 Å². The van der Waals surface area contributed by atoms with Gasteiger partial charge in [-0.15, -0.1) is 0 Å². The zero-order valence-corrected chi connectivity index (χ0v) is 14.2. The number of benzene rings is 1. The summed E-state index contributed by atoms with van der Waals surface area (Å²) in [5.74, 6) is 1.26. The predicted octanol–water partition coefficient (Wildman–Crippen LogP) is 2.99. The molecule has 1 aromatic carbocycles. The Morgan fingerprint density at radius 1 is 1.25 bits per heavy atom. The zero-order chi connectivity index (χ0) is 16.8. The van der Waals surface area contributed by atoms with Crippen LogP contribution in [0.1, 0.15) is 30.7 Å². The number of fused-ring (bicyclic) bond motifs is 1. The van der Waals surface area contributed by atoms with Gasteiger partial charge in [0.15, 0.2) is 17.3 Å². The maximum Gasteiger partial charge on any atom is 0.231 e. The van der Waals surface area contributed by atoms with Crippen molar-refractivity contribution in [1.29, 1.82) is 5.26 Å². The summed E-state index contributed by atoms with van der Waals surface area (Å²) < 4.78 is 17.1. The average molecular weight is 389 g/mol. The van der Waals surface area contributed by atoms with Crippen molar-refractivity contribution in [3.8, 4) is 17.6 Å². The minimum atomic E-state index is -0.560. The second-order valence-electron chi connectivity index (χ2n) is 5.77. The van der Waals surface area contributed by atoms with Crippen LogP contribution in [0.2, 0.25) is 0 Å². The summed E-state index contributed by atoms with van der Waals surface area (Å²) in [6, 6.07) is 5.68. The molecule has 0 radical (unpaired) electrons. The third-order valence-electron chi connectivity index (χ3n) is 4.41. The third kappa shape index (κ3) is 2.18. The fourth-order valence-electron chi connectivity index (χ4n) is 3.32. The minimum Gasteiger partial charge on any atom is -0.454 e. The van der Waals surface area contributed by atoms with E-state index in [0.29, 0.717) is 35.7 Å². The lowest BCUT2D eigenvalue weighted by molar-refractivity contribution is -0.116. The number of nitriles is 1. The van der Waals surface area contributed by atoms with Crippen LogP contribution in [-0.4, -0.2) is 12.6 Å². The van der Waals surface area contributed by atoms with Gasteiger partial charge in [0.25, 0.3) is 0 Å². The van der Waals surface area contributed by atoms with Crippen molar-refractivity contribution in [2.24, 2.45) is 5.73 Å². The van der Waals surface area contributed by atoms with E-state index >= 15 is 0 Å². The molecule has 1 aromatic rings. The van der Waals surface area contributed by atoms with Gasteiger partial charge in [-0.2, -0.15) is 5.26 Å². The maximum absolute atomic E-state index is 12.5. The predicted molar refractivity (Wildman–Crippen MR) is 86.8 cm³/mol. The van der Waals surface area contributed by atoms with Crippen LogP contribution in [-0.2, 0) is 9.53 Å². The van der Waals surface area contributed by atoms with Gasteiger partial charge in [-0.25, -0.2) is 0 Å². The number of hydrogen-bond acceptors (Lipinski definition) is 6. The number of nitrogens with zero attached hydrogens (tertiary/aromatic N) is 1. The highest BCUT2D eigenvalue weighted by molar-refractivity contribution is 9.10. The molecule has 0 bridgehead atoms. The molecule has 7 heteroatoms. The van der Waals surface area contributed by atoms with Crippen LogP contribution in [0.3, 0.4) is 0 Å². The Kier molecular flexibility index (Phi) is 3.50. The summed E-state index contributed by atoms with van der Waals surface area (Å²) in [7, 11) is 0. The fraction of sp³-hybridized carbons (Fsp3) is 0.294. The van der Waals surface area contributed by atoms with Crippen LogP contribution in [0.15, 0.2) is 39.4 Å². The van der Waals surface area contributed by atoms with Gasteiger partial charge in [-0.1, -0.05) is 15.9 Å². The SMILES string of the molecule is N#CC1=C(N)OC2=C(C(=O)CCC2)[C@H]1c1cc2c(cc1Br)OCO2. The Morgan fingerprint density at radius 2 is 2.00 bits per heavy atom. The van der Waals surface area contributed by atoms with Crippen molar-refractivity contribution in [1.82, 2.24) is 0 Å². The number of allylic oxidation sites excluding steroid dienone is 3. The summed E-state index contributed by atoms with van der Waals surface area (Å²) >= 11 is 3.52. The lowest BCUT2D eigenvalue weighted by Crippen LogP contribution is -2.27. The highest BCUT2D eigenvalue weighted by Crippen LogP contribution is 2.48. The van der Waals surface area contributed by atoms with E-state index in [2.05, 4.69) is 22.0 Å². The van der Waals surface area contributed by atoms with Crippen molar-refractivity contribution in [2.75, 3.05) is 6.79 Å². The van der Waals surface area contributed by atoms with Gasteiger partial charge in [-0.05, 0) is 24.1 Å². The standard InChI is InChI=1S/C17H13BrN2O4/c18-10-5-14-13(22-7-23-14)4-8(10)15-9(6-19)17(20)24-12-3-1-2-11(21)16(12)15/h4-5,15H,1-3,7,20H2/t15-/m0/s1. The Balaban J connectivity index is 1.93. The van der Waals surface area contributed by atoms with Gasteiger partial charge >= 0.3 is 0 Å². The van der Waals surface area contributed by atoms with Crippen molar-refractivity contribution in [3.05, 3.63) is 45.0 Å². The monoisotopic (exact) mass is 388 g/mol. The first-order valence-electron chi connectivity index (χ1n) is 7.53. The van der Waals surface area contributed by atoms with E-state index in [1.165, 1.54) is 0 Å². The van der Waals surface area contributed by atoms with E-state index in [0.717, 1.165) is 16.5 Å². The fourth-order valence-corrected chi connectivity index (χ4v) is 3.87. The second kappa shape index (κ2) is 5.56. The number of carbonyl (C=O) groups excluding carboxylic acids is 1. The molecule has 0 aromatic heterocycles. The molecule has 2 heterocycles. The van der Waals surface area contributed by atoms with Crippen LogP contribution >= 0.6 is 15.9 Å². The van der Waals surface area contributed by atoms with Crippen LogP contribution in [0, 0.1) is 11.3 Å². The average Bonchev–Trinajstić information content (AvgIpc) is 3.00. The second-order valence-corrected chi connectivity index (χ2v) is 6.62. The van der Waals surface area contributed by atoms with Gasteiger partial charge in [-0.3, -0.25) is 4.79 Å². The molecule has 24 heavy (non-hydrogen) atoms. The van der Waals surface area contributed by atoms with Gasteiger partial charge in [0.05, 0.1) is 5.92 Å². The highest BCUT2D eigenvalue weighted by atomic mass is 79.9. The quantitative estimate of drug-likeness (QED) is 0.794. The highest BCUT2D eigenvalue weighted by Gasteiger charge is 2.39. The smallest absolute Gasteiger partial charge is 0.231 e. The number of halogens is 1. The molecular weight excluding hydrogens is 376 g/mol. The van der Waals surface area contributed by atoms with Gasteiger partial charge in [0.1, 0.15) is 17.4 Å². The number of Topliss-reactive ketones (excluding diaryl/α,β-unsaturated/α-hetero) is 1. The lowest BCUT2D eigenvalue weighted by atomic mass is 9.77. The molecule has 0 spiro atoms. The number of rotatable bonds is 1. The lowest BCUT2D eigenvalue weighted by Gasteiger charge is -2.31. The van der Waals surface area contributed by atoms with E-state index in [4.69, 9.17) is 19.9 Å². The van der Waals surface area contributed by atoms with Crippen LogP contribution in [0.25, 0.3) is 0 Å². The summed E-state index contributed by atoms with van der Waals surface area (Å²) in [6.07, 6.45) is 1.81. The molecule has 0 fully saturated rings. The molecule has 2 N–H and O–H groups in total. The number of ether oxygens (including phenoxy) is 3. The van der Waals surface area contributed by atoms with Gasteiger partial charge in [0, 0.05) is 22.9 Å². The van der Waals surface area contributed by atoms with Crippen LogP contribution in [0.5, 0.6) is 11.5 Å². The number of hydrogen-bond donors (Lipinski definition) is 1. The third-order valence-corrected chi connectivity index (χ3v) is 5.09. The molecule has 2 aliphatic heterocycles. The van der Waals surface area contributed by atoms with E-state index in [1.54, 1.807) is 12.1 Å². The number of carbonyl (C=O) groups is 1. The first-order chi connectivity index (χ1) is 11.6. The van der Waals surface area contributed by atoms with Crippen molar-refractivity contribution < 1.29 is 19.0 Å². The molecule has 1 atom stereocenters. The molecule has 0 saturated heterocycles. The summed E-state index contributed by atoms with van der Waals surface area (Å²) in [5, 5.41) is 9.58. The Hall–Kier alpha value is -2.46. The maximum atomic E-state index is 12.5. The van der Waals surface area contributed by atoms with Crippen molar-refractivity contribution >= 4 is 21.7 Å². The van der Waals surface area contributed by atoms with Gasteiger partial charge < -0.3 is 19.9 Å². The molecule has 4 rings (SSSR count). The number of nitrogens with two attached hydrogens (primary N) is 1. The van der Waals surface area contributed by atoms with Crippen LogP contribution < -0.4 is 15.2 Å². The first-order valence-corrected chi connectivity index (χ1v) is 8.32. The molecule has 0 amide bonds. The van der Waals surface area contributed by atoms with Crippen molar-refractivity contribution in [3.63, 3.8) is 0 Å². The Morgan fingerprint density at radius 3 is 2.75 bits per heavy atom. The molecule has 1 aliphatic carbocycles. The Labute approximate surface area is 146 Å². The first kappa shape index (κ1) is 15.1. The van der Waals surface area contributed by atoms with E-state index < -0.39 is 5.92 Å². The molecular formula is C17H13BrN2O4. The Bertz CT molecular complexity index is 866. The largest absolute Gasteiger partial charge is 0.454 e.